The highest BCUT2D eigenvalue weighted by molar-refractivity contribution is 6.09. The number of aryl methyl sites for hydroxylation is 1. The van der Waals surface area contributed by atoms with E-state index in [4.69, 9.17) is 0 Å². The molecule has 0 aromatic heterocycles. The van der Waals surface area contributed by atoms with E-state index in [9.17, 15) is 9.90 Å². The van der Waals surface area contributed by atoms with Gasteiger partial charge >= 0.3 is 0 Å². The normalized spacial score (nSPS) is 10.9. The van der Waals surface area contributed by atoms with E-state index in [1.165, 1.54) is 0 Å². The predicted octanol–water partition coefficient (Wildman–Crippen LogP) is 5.35. The minimum Gasteiger partial charge on any atom is -0.508 e. The fourth-order valence-corrected chi connectivity index (χ4v) is 2.28. The highest BCUT2D eigenvalue weighted by Gasteiger charge is 2.08. The van der Waals surface area contributed by atoms with E-state index in [-0.39, 0.29) is 11.5 Å². The summed E-state index contributed by atoms with van der Waals surface area (Å²) in [6, 6.07) is 21.2. The average Bonchev–Trinajstić information content (AvgIpc) is 2.63. The smallest absolute Gasteiger partial charge is 0.193 e. The number of ketones is 1. The molecule has 0 bridgehead atoms. The van der Waals surface area contributed by atoms with Crippen LogP contribution in [0.4, 0.5) is 11.4 Å². The van der Waals surface area contributed by atoms with Crippen LogP contribution in [0.25, 0.3) is 0 Å². The van der Waals surface area contributed by atoms with Gasteiger partial charge in [0.15, 0.2) is 5.78 Å². The van der Waals surface area contributed by atoms with Crippen LogP contribution in [0.15, 0.2) is 83.0 Å². The summed E-state index contributed by atoms with van der Waals surface area (Å²) in [5.41, 5.74) is 3.19. The summed E-state index contributed by atoms with van der Waals surface area (Å²) in [6.45, 7) is 1.80. The number of hydrogen-bond acceptors (Lipinski definition) is 4. The van der Waals surface area contributed by atoms with Crippen molar-refractivity contribution >= 4 is 17.2 Å². The molecule has 0 heterocycles. The van der Waals surface area contributed by atoms with E-state index >= 15 is 0 Å². The van der Waals surface area contributed by atoms with Crippen LogP contribution in [0.1, 0.15) is 21.5 Å². The number of nitrogens with zero attached hydrogens (tertiary/aromatic N) is 2. The number of hydrogen-bond donors (Lipinski definition) is 1. The Bertz CT molecular complexity index is 903. The number of phenolic OH excluding ortho intramolecular Hbond substituents is 1. The van der Waals surface area contributed by atoms with Gasteiger partial charge in [0.25, 0.3) is 0 Å². The van der Waals surface area contributed by atoms with Crippen molar-refractivity contribution in [3.8, 4) is 5.75 Å². The van der Waals surface area contributed by atoms with Crippen LogP contribution >= 0.6 is 0 Å². The summed E-state index contributed by atoms with van der Waals surface area (Å²) in [5.74, 6) is 0.178. The zero-order valence-corrected chi connectivity index (χ0v) is 13.2. The summed E-state index contributed by atoms with van der Waals surface area (Å²) >= 11 is 0. The molecule has 4 heteroatoms. The molecule has 0 aliphatic heterocycles. The molecule has 4 nitrogen and oxygen atoms in total. The number of benzene rings is 3. The van der Waals surface area contributed by atoms with Gasteiger partial charge in [0, 0.05) is 11.1 Å². The molecule has 0 unspecified atom stereocenters. The first-order valence-electron chi connectivity index (χ1n) is 7.55. The Morgan fingerprint density at radius 3 is 2.17 bits per heavy atom. The molecular weight excluding hydrogens is 300 g/mol. The molecule has 0 aliphatic carbocycles. The van der Waals surface area contributed by atoms with Gasteiger partial charge in [-0.3, -0.25) is 4.79 Å². The Morgan fingerprint density at radius 1 is 0.792 bits per heavy atom. The summed E-state index contributed by atoms with van der Waals surface area (Å²) in [6.07, 6.45) is 0. The van der Waals surface area contributed by atoms with Crippen LogP contribution in [-0.2, 0) is 0 Å². The molecular formula is C20H16N2O2. The molecule has 3 aromatic rings. The van der Waals surface area contributed by atoms with Crippen LogP contribution in [0.5, 0.6) is 5.75 Å². The van der Waals surface area contributed by atoms with E-state index in [1.807, 2.05) is 18.2 Å². The second kappa shape index (κ2) is 6.87. The van der Waals surface area contributed by atoms with E-state index in [0.717, 1.165) is 5.56 Å². The second-order valence-corrected chi connectivity index (χ2v) is 5.42. The van der Waals surface area contributed by atoms with Gasteiger partial charge in [-0.25, -0.2) is 0 Å². The lowest BCUT2D eigenvalue weighted by Gasteiger charge is -2.02. The molecule has 24 heavy (non-hydrogen) atoms. The lowest BCUT2D eigenvalue weighted by atomic mass is 10.0. The topological polar surface area (TPSA) is 62.0 Å². The van der Waals surface area contributed by atoms with Crippen LogP contribution in [0.3, 0.4) is 0 Å². The molecule has 0 amide bonds. The van der Waals surface area contributed by atoms with E-state index in [1.54, 1.807) is 61.5 Å². The standard InChI is InChI=1S/C20H16N2O2/c1-14-12-18(10-11-19(14)23)22-21-17-9-5-8-16(13-17)20(24)15-6-3-2-4-7-15/h2-13,23H,1H3. The number of carbonyl (C=O) groups is 1. The Kier molecular flexibility index (Phi) is 4.47. The maximum atomic E-state index is 12.5. The number of rotatable bonds is 4. The largest absolute Gasteiger partial charge is 0.508 e. The van der Waals surface area contributed by atoms with Gasteiger partial charge in [0.1, 0.15) is 5.75 Å². The minimum absolute atomic E-state index is 0.0480. The van der Waals surface area contributed by atoms with Gasteiger partial charge in [-0.05, 0) is 42.8 Å². The first-order chi connectivity index (χ1) is 11.6. The molecule has 0 radical (unpaired) electrons. The third-order valence-electron chi connectivity index (χ3n) is 3.61. The lowest BCUT2D eigenvalue weighted by molar-refractivity contribution is 0.103. The highest BCUT2D eigenvalue weighted by Crippen LogP contribution is 2.25. The predicted molar refractivity (Wildman–Crippen MR) is 93.3 cm³/mol. The zero-order valence-electron chi connectivity index (χ0n) is 13.2. The molecule has 0 saturated heterocycles. The molecule has 0 aliphatic rings. The quantitative estimate of drug-likeness (QED) is 0.521. The van der Waals surface area contributed by atoms with Crippen LogP contribution < -0.4 is 0 Å². The molecule has 0 spiro atoms. The molecule has 3 rings (SSSR count). The van der Waals surface area contributed by atoms with Crippen molar-refractivity contribution in [3.05, 3.63) is 89.5 Å². The Labute approximate surface area is 140 Å². The van der Waals surface area contributed by atoms with Crippen LogP contribution in [-0.4, -0.2) is 10.9 Å². The molecule has 0 atom stereocenters. The Balaban J connectivity index is 1.84. The van der Waals surface area contributed by atoms with Crippen molar-refractivity contribution in [1.29, 1.82) is 0 Å². The van der Waals surface area contributed by atoms with Gasteiger partial charge in [0.05, 0.1) is 11.4 Å². The first kappa shape index (κ1) is 15.6. The van der Waals surface area contributed by atoms with Crippen molar-refractivity contribution in [2.24, 2.45) is 10.2 Å². The van der Waals surface area contributed by atoms with Crippen molar-refractivity contribution in [2.75, 3.05) is 0 Å². The summed E-state index contributed by atoms with van der Waals surface area (Å²) < 4.78 is 0. The lowest BCUT2D eigenvalue weighted by Crippen LogP contribution is -2.00. The van der Waals surface area contributed by atoms with Crippen molar-refractivity contribution < 1.29 is 9.90 Å². The van der Waals surface area contributed by atoms with E-state index in [2.05, 4.69) is 10.2 Å². The summed E-state index contributed by atoms with van der Waals surface area (Å²) in [5, 5.41) is 17.9. The summed E-state index contributed by atoms with van der Waals surface area (Å²) in [7, 11) is 0. The van der Waals surface area contributed by atoms with Crippen molar-refractivity contribution in [1.82, 2.24) is 0 Å². The monoisotopic (exact) mass is 316 g/mol. The second-order valence-electron chi connectivity index (χ2n) is 5.42. The molecule has 0 fully saturated rings. The maximum absolute atomic E-state index is 12.5. The van der Waals surface area contributed by atoms with Crippen molar-refractivity contribution in [3.63, 3.8) is 0 Å². The van der Waals surface area contributed by atoms with Gasteiger partial charge < -0.3 is 5.11 Å². The van der Waals surface area contributed by atoms with E-state index in [0.29, 0.717) is 22.5 Å². The van der Waals surface area contributed by atoms with Gasteiger partial charge in [0.2, 0.25) is 0 Å². The van der Waals surface area contributed by atoms with Crippen LogP contribution in [0.2, 0.25) is 0 Å². The number of phenols is 1. The summed E-state index contributed by atoms with van der Waals surface area (Å²) in [4.78, 5) is 12.5. The Hall–Kier alpha value is -3.27. The Morgan fingerprint density at radius 2 is 1.46 bits per heavy atom. The van der Waals surface area contributed by atoms with Gasteiger partial charge in [-0.15, -0.1) is 0 Å². The zero-order chi connectivity index (χ0) is 16.9. The number of aromatic hydroxyl groups is 1. The van der Waals surface area contributed by atoms with Gasteiger partial charge in [-0.1, -0.05) is 42.5 Å². The van der Waals surface area contributed by atoms with E-state index < -0.39 is 0 Å². The third-order valence-corrected chi connectivity index (χ3v) is 3.61. The number of azo groups is 1. The highest BCUT2D eigenvalue weighted by atomic mass is 16.3. The van der Waals surface area contributed by atoms with Crippen LogP contribution in [0, 0.1) is 6.92 Å². The fourth-order valence-electron chi connectivity index (χ4n) is 2.28. The maximum Gasteiger partial charge on any atom is 0.193 e. The third kappa shape index (κ3) is 3.55. The molecule has 1 N–H and O–H groups in total. The minimum atomic E-state index is -0.0480. The SMILES string of the molecule is Cc1cc(N=Nc2cccc(C(=O)c3ccccc3)c2)ccc1O. The number of carbonyl (C=O) groups excluding carboxylic acids is 1. The first-order valence-corrected chi connectivity index (χ1v) is 7.55. The molecule has 0 saturated carbocycles. The average molecular weight is 316 g/mol. The fraction of sp³-hybridized carbons (Fsp3) is 0.0500. The van der Waals surface area contributed by atoms with Crippen molar-refractivity contribution in [2.45, 2.75) is 6.92 Å². The molecule has 3 aromatic carbocycles. The van der Waals surface area contributed by atoms with Gasteiger partial charge in [-0.2, -0.15) is 10.2 Å². The molecule has 118 valence electrons.